The van der Waals surface area contributed by atoms with Crippen LogP contribution in [0.2, 0.25) is 5.02 Å². The lowest BCUT2D eigenvalue weighted by atomic mass is 10.1. The van der Waals surface area contributed by atoms with Gasteiger partial charge in [0, 0.05) is 36.0 Å². The Labute approximate surface area is 131 Å². The van der Waals surface area contributed by atoms with Crippen LogP contribution in [0.5, 0.6) is 0 Å². The molecule has 1 aliphatic heterocycles. The molecule has 0 aromatic heterocycles. The molecule has 1 heterocycles. The van der Waals surface area contributed by atoms with Crippen LogP contribution >= 0.6 is 11.6 Å². The first kappa shape index (κ1) is 14.3. The molecule has 2 nitrogen and oxygen atoms in total. The second kappa shape index (κ2) is 6.40. The van der Waals surface area contributed by atoms with Gasteiger partial charge in [0.15, 0.2) is 0 Å². The average Bonchev–Trinajstić information content (AvgIpc) is 3.03. The highest BCUT2D eigenvalue weighted by molar-refractivity contribution is 6.30. The number of halogens is 1. The number of aryl methyl sites for hydroxylation is 1. The van der Waals surface area contributed by atoms with E-state index in [0.717, 1.165) is 17.3 Å². The van der Waals surface area contributed by atoms with Crippen LogP contribution in [0.4, 0.5) is 11.4 Å². The highest BCUT2D eigenvalue weighted by Crippen LogP contribution is 2.23. The number of nitrogens with zero attached hydrogens (tertiary/aromatic N) is 1. The van der Waals surface area contributed by atoms with Gasteiger partial charge in [-0.25, -0.2) is 0 Å². The van der Waals surface area contributed by atoms with E-state index < -0.39 is 0 Å². The van der Waals surface area contributed by atoms with Crippen molar-refractivity contribution in [3.05, 3.63) is 58.6 Å². The van der Waals surface area contributed by atoms with Gasteiger partial charge in [0.1, 0.15) is 0 Å². The van der Waals surface area contributed by atoms with Crippen molar-refractivity contribution in [2.24, 2.45) is 0 Å². The fraction of sp³-hybridized carbons (Fsp3) is 0.333. The Kier molecular flexibility index (Phi) is 4.35. The molecule has 1 aliphatic rings. The molecule has 21 heavy (non-hydrogen) atoms. The smallest absolute Gasteiger partial charge is 0.0426 e. The lowest BCUT2D eigenvalue weighted by Crippen LogP contribution is -2.17. The van der Waals surface area contributed by atoms with E-state index in [1.807, 2.05) is 18.2 Å². The Morgan fingerprint density at radius 1 is 1.05 bits per heavy atom. The summed E-state index contributed by atoms with van der Waals surface area (Å²) in [5.74, 6) is 0. The van der Waals surface area contributed by atoms with Crippen LogP contribution < -0.4 is 10.2 Å². The Bertz CT molecular complexity index is 601. The molecular formula is C18H21ClN2. The molecule has 0 saturated carbocycles. The summed E-state index contributed by atoms with van der Waals surface area (Å²) in [7, 11) is 0. The van der Waals surface area contributed by atoms with Gasteiger partial charge >= 0.3 is 0 Å². The minimum atomic E-state index is 0.771. The zero-order valence-corrected chi connectivity index (χ0v) is 13.2. The first-order valence-electron chi connectivity index (χ1n) is 7.56. The molecule has 0 unspecified atom stereocenters. The van der Waals surface area contributed by atoms with Crippen molar-refractivity contribution in [2.75, 3.05) is 23.3 Å². The highest BCUT2D eigenvalue weighted by atomic mass is 35.5. The maximum absolute atomic E-state index is 6.05. The lowest BCUT2D eigenvalue weighted by molar-refractivity contribution is 0.949. The SMILES string of the molecule is Cc1ccc(Cl)cc1NCc1ccc(N2CCCC2)cc1. The molecule has 1 saturated heterocycles. The van der Waals surface area contributed by atoms with E-state index in [1.165, 1.54) is 42.7 Å². The zero-order chi connectivity index (χ0) is 14.7. The van der Waals surface area contributed by atoms with Crippen LogP contribution in [0.3, 0.4) is 0 Å². The molecule has 1 fully saturated rings. The molecule has 0 radical (unpaired) electrons. The van der Waals surface area contributed by atoms with Crippen molar-refractivity contribution >= 4 is 23.0 Å². The topological polar surface area (TPSA) is 15.3 Å². The Hall–Kier alpha value is -1.67. The number of rotatable bonds is 4. The standard InChI is InChI=1S/C18H21ClN2/c1-14-4-7-16(19)12-18(14)20-13-15-5-8-17(9-6-15)21-10-2-3-11-21/h4-9,12,20H,2-3,10-11,13H2,1H3. The summed E-state index contributed by atoms with van der Waals surface area (Å²) in [5.41, 5.74) is 4.95. The number of hydrogen-bond acceptors (Lipinski definition) is 2. The van der Waals surface area contributed by atoms with Crippen molar-refractivity contribution in [2.45, 2.75) is 26.3 Å². The Morgan fingerprint density at radius 2 is 1.76 bits per heavy atom. The second-order valence-corrected chi connectivity index (χ2v) is 6.11. The number of hydrogen-bond donors (Lipinski definition) is 1. The largest absolute Gasteiger partial charge is 0.381 e. The van der Waals surface area contributed by atoms with Gasteiger partial charge in [-0.15, -0.1) is 0 Å². The normalized spacial score (nSPS) is 14.5. The second-order valence-electron chi connectivity index (χ2n) is 5.67. The summed E-state index contributed by atoms with van der Waals surface area (Å²) >= 11 is 6.05. The van der Waals surface area contributed by atoms with Crippen LogP contribution in [0, 0.1) is 6.92 Å². The molecular weight excluding hydrogens is 280 g/mol. The third-order valence-electron chi connectivity index (χ3n) is 4.09. The minimum Gasteiger partial charge on any atom is -0.381 e. The third-order valence-corrected chi connectivity index (χ3v) is 4.33. The van der Waals surface area contributed by atoms with Gasteiger partial charge in [-0.1, -0.05) is 29.8 Å². The van der Waals surface area contributed by atoms with Crippen LogP contribution in [-0.2, 0) is 6.54 Å². The summed E-state index contributed by atoms with van der Waals surface area (Å²) in [6.45, 7) is 5.30. The Morgan fingerprint density at radius 3 is 2.48 bits per heavy atom. The molecule has 0 atom stereocenters. The molecule has 2 aromatic carbocycles. The van der Waals surface area contributed by atoms with Crippen LogP contribution in [-0.4, -0.2) is 13.1 Å². The predicted octanol–water partition coefficient (Wildman–Crippen LogP) is 4.86. The van der Waals surface area contributed by atoms with Gasteiger partial charge in [-0.2, -0.15) is 0 Å². The van der Waals surface area contributed by atoms with E-state index in [1.54, 1.807) is 0 Å². The maximum Gasteiger partial charge on any atom is 0.0426 e. The van der Waals surface area contributed by atoms with E-state index in [9.17, 15) is 0 Å². The monoisotopic (exact) mass is 300 g/mol. The minimum absolute atomic E-state index is 0.771. The molecule has 2 aromatic rings. The Balaban J connectivity index is 1.64. The lowest BCUT2D eigenvalue weighted by Gasteiger charge is -2.18. The average molecular weight is 301 g/mol. The first-order chi connectivity index (χ1) is 10.2. The molecule has 0 spiro atoms. The quantitative estimate of drug-likeness (QED) is 0.867. The van der Waals surface area contributed by atoms with Crippen LogP contribution in [0.25, 0.3) is 0 Å². The highest BCUT2D eigenvalue weighted by Gasteiger charge is 2.11. The summed E-state index contributed by atoms with van der Waals surface area (Å²) in [4.78, 5) is 2.46. The van der Waals surface area contributed by atoms with Gasteiger partial charge < -0.3 is 10.2 Å². The van der Waals surface area contributed by atoms with E-state index in [4.69, 9.17) is 11.6 Å². The predicted molar refractivity (Wildman–Crippen MR) is 91.4 cm³/mol. The van der Waals surface area contributed by atoms with Crippen molar-refractivity contribution in [1.82, 2.24) is 0 Å². The molecule has 0 aliphatic carbocycles. The van der Waals surface area contributed by atoms with E-state index in [2.05, 4.69) is 41.4 Å². The van der Waals surface area contributed by atoms with Crippen molar-refractivity contribution in [3.8, 4) is 0 Å². The number of benzene rings is 2. The van der Waals surface area contributed by atoms with Crippen LogP contribution in [0.1, 0.15) is 24.0 Å². The van der Waals surface area contributed by atoms with Gasteiger partial charge in [0.2, 0.25) is 0 Å². The molecule has 1 N–H and O–H groups in total. The zero-order valence-electron chi connectivity index (χ0n) is 12.4. The van der Waals surface area contributed by atoms with Gasteiger partial charge in [-0.05, 0) is 55.2 Å². The summed E-state index contributed by atoms with van der Waals surface area (Å²) < 4.78 is 0. The molecule has 0 amide bonds. The van der Waals surface area contributed by atoms with Crippen molar-refractivity contribution < 1.29 is 0 Å². The van der Waals surface area contributed by atoms with Crippen molar-refractivity contribution in [3.63, 3.8) is 0 Å². The molecule has 3 heteroatoms. The van der Waals surface area contributed by atoms with Gasteiger partial charge in [0.05, 0.1) is 0 Å². The summed E-state index contributed by atoms with van der Waals surface area (Å²) in [5, 5.41) is 4.23. The molecule has 0 bridgehead atoms. The van der Waals surface area contributed by atoms with E-state index >= 15 is 0 Å². The van der Waals surface area contributed by atoms with Crippen LogP contribution in [0.15, 0.2) is 42.5 Å². The molecule has 3 rings (SSSR count). The van der Waals surface area contributed by atoms with Crippen molar-refractivity contribution in [1.29, 1.82) is 0 Å². The maximum atomic E-state index is 6.05. The summed E-state index contributed by atoms with van der Waals surface area (Å²) in [6, 6.07) is 14.8. The number of anilines is 2. The number of nitrogens with one attached hydrogen (secondary N) is 1. The fourth-order valence-corrected chi connectivity index (χ4v) is 2.95. The van der Waals surface area contributed by atoms with Gasteiger partial charge in [-0.3, -0.25) is 0 Å². The fourth-order valence-electron chi connectivity index (χ4n) is 2.78. The first-order valence-corrected chi connectivity index (χ1v) is 7.94. The van der Waals surface area contributed by atoms with Gasteiger partial charge in [0.25, 0.3) is 0 Å². The summed E-state index contributed by atoms with van der Waals surface area (Å²) in [6.07, 6.45) is 2.63. The van der Waals surface area contributed by atoms with E-state index in [-0.39, 0.29) is 0 Å². The molecule has 110 valence electrons. The van der Waals surface area contributed by atoms with E-state index in [0.29, 0.717) is 0 Å². The third kappa shape index (κ3) is 3.51.